The Morgan fingerprint density at radius 2 is 1.52 bits per heavy atom. The Morgan fingerprint density at radius 3 is 2.05 bits per heavy atom. The Labute approximate surface area is 457 Å². The van der Waals surface area contributed by atoms with E-state index < -0.39 is 138 Å². The zero-order chi connectivity index (χ0) is 58.4. The van der Waals surface area contributed by atoms with Crippen LogP contribution in [0.2, 0.25) is 0 Å². The molecule has 0 spiro atoms. The van der Waals surface area contributed by atoms with Crippen LogP contribution in [0.4, 0.5) is 4.79 Å². The van der Waals surface area contributed by atoms with E-state index in [0.29, 0.717) is 24.2 Å². The number of ketones is 1. The van der Waals surface area contributed by atoms with Gasteiger partial charge in [0.1, 0.15) is 59.5 Å². The zero-order valence-electron chi connectivity index (χ0n) is 49.0. The number of benzene rings is 1. The number of carbonyl (C=O) groups is 9. The van der Waals surface area contributed by atoms with Gasteiger partial charge in [0.25, 0.3) is 0 Å². The Hall–Kier alpha value is -5.79. The fraction of sp³-hybridized carbons (Fsp3) is 0.737. The third-order valence-electron chi connectivity index (χ3n) is 14.6. The number of hydrogen-bond acceptors (Lipinski definition) is 13. The summed E-state index contributed by atoms with van der Waals surface area (Å²) in [5, 5.41) is 23.1. The van der Waals surface area contributed by atoms with Gasteiger partial charge >= 0.3 is 12.1 Å². The van der Waals surface area contributed by atoms with Crippen molar-refractivity contribution in [1.82, 2.24) is 36.0 Å². The number of carbonyl (C=O) groups excluding carboxylic acids is 9. The van der Waals surface area contributed by atoms with Crippen LogP contribution in [0.5, 0.6) is 5.75 Å². The lowest BCUT2D eigenvalue weighted by molar-refractivity contribution is -0.162. The summed E-state index contributed by atoms with van der Waals surface area (Å²) in [4.78, 5) is 134. The second-order valence-electron chi connectivity index (χ2n) is 23.8. The minimum absolute atomic E-state index is 0.0609. The molecule has 2 fully saturated rings. The van der Waals surface area contributed by atoms with Crippen molar-refractivity contribution < 1.29 is 62.5 Å². The van der Waals surface area contributed by atoms with Crippen molar-refractivity contribution in [1.29, 1.82) is 0 Å². The first kappa shape index (κ1) is 65.5. The number of amides is 7. The first-order chi connectivity index (χ1) is 35.8. The third kappa shape index (κ3) is 19.0. The number of aliphatic hydroxyl groups is 1. The maximum absolute atomic E-state index is 15.0. The molecule has 0 aliphatic carbocycles. The number of ether oxygens (including phenoxy) is 3. The van der Waals surface area contributed by atoms with Gasteiger partial charge in [-0.3, -0.25) is 33.6 Å². The summed E-state index contributed by atoms with van der Waals surface area (Å²) >= 11 is 0. The summed E-state index contributed by atoms with van der Waals surface area (Å²) in [6, 6.07) is -1.75. The molecule has 20 nitrogen and oxygen atoms in total. The van der Waals surface area contributed by atoms with Gasteiger partial charge in [-0.25, -0.2) is 9.59 Å². The molecular weight excluding hydrogens is 991 g/mol. The molecule has 0 bridgehead atoms. The standard InChI is InChI=1S/C57H93N7O13/c1-18-35(10)47-45(66)30-38(65)29-40(33(6)7)49(67)58-41(26-31(2)3)52(70)64-25-19-20-42(64)53(71)63(16)44(28-37-21-23-39(75-17)24-22-37)55(73)76-36(11)48(51(69)59-47)60-50(68)43(27-32(4)5)62(15)54(72)46(34(8)9)61-56(74)77-57(12,13)14/h21-24,31-36,40-48,66H,18-20,25-30H2,1-17H3,(H,58,67)(H,59,69)(H,60,68)(H,61,74)/t35-,36+,40-,41-,42-,43?,44-,45-,46-,47+,48-/m0/s1. The van der Waals surface area contributed by atoms with Crippen LogP contribution in [0, 0.1) is 35.5 Å². The summed E-state index contributed by atoms with van der Waals surface area (Å²) in [6.07, 6.45) is -3.16. The summed E-state index contributed by atoms with van der Waals surface area (Å²) in [5.41, 5.74) is -0.260. The van der Waals surface area contributed by atoms with Crippen molar-refractivity contribution >= 4 is 53.3 Å². The summed E-state index contributed by atoms with van der Waals surface area (Å²) < 4.78 is 17.0. The highest BCUT2D eigenvalue weighted by Crippen LogP contribution is 2.27. The normalized spacial score (nSPS) is 25.1. The van der Waals surface area contributed by atoms with Gasteiger partial charge in [0.2, 0.25) is 35.4 Å². The van der Waals surface area contributed by atoms with Crippen molar-refractivity contribution in [2.75, 3.05) is 27.7 Å². The van der Waals surface area contributed by atoms with E-state index in [-0.39, 0.29) is 56.4 Å². The Bertz CT molecular complexity index is 2190. The van der Waals surface area contributed by atoms with Crippen LogP contribution in [-0.4, -0.2) is 161 Å². The molecule has 434 valence electrons. The van der Waals surface area contributed by atoms with Crippen LogP contribution in [0.3, 0.4) is 0 Å². The Kier molecular flexibility index (Phi) is 24.9. The fourth-order valence-electron chi connectivity index (χ4n) is 9.84. The molecule has 11 atom stereocenters. The van der Waals surface area contributed by atoms with Crippen LogP contribution >= 0.6 is 0 Å². The van der Waals surface area contributed by atoms with E-state index in [1.165, 1.54) is 42.8 Å². The lowest BCUT2D eigenvalue weighted by atomic mass is 9.85. The molecule has 2 aliphatic rings. The van der Waals surface area contributed by atoms with Crippen molar-refractivity contribution in [3.63, 3.8) is 0 Å². The van der Waals surface area contributed by atoms with Gasteiger partial charge in [0.05, 0.1) is 19.3 Å². The van der Waals surface area contributed by atoms with Crippen LogP contribution in [0.1, 0.15) is 147 Å². The lowest BCUT2D eigenvalue weighted by Crippen LogP contribution is -2.62. The van der Waals surface area contributed by atoms with Gasteiger partial charge in [-0.15, -0.1) is 0 Å². The third-order valence-corrected chi connectivity index (χ3v) is 14.6. The molecular formula is C57H93N7O13. The average Bonchev–Trinajstić information content (AvgIpc) is 3.84. The van der Waals surface area contributed by atoms with Crippen LogP contribution in [0.25, 0.3) is 0 Å². The fourth-order valence-corrected chi connectivity index (χ4v) is 9.84. The maximum Gasteiger partial charge on any atom is 0.408 e. The number of nitrogens with one attached hydrogen (secondary N) is 4. The highest BCUT2D eigenvalue weighted by Gasteiger charge is 2.45. The number of hydrogen-bond donors (Lipinski definition) is 5. The van der Waals surface area contributed by atoms with Crippen LogP contribution in [-0.2, 0) is 54.3 Å². The molecule has 77 heavy (non-hydrogen) atoms. The number of esters is 1. The number of rotatable bonds is 16. The monoisotopic (exact) mass is 1080 g/mol. The van der Waals surface area contributed by atoms with Crippen molar-refractivity contribution in [3.8, 4) is 5.75 Å². The number of cyclic esters (lactones) is 1. The highest BCUT2D eigenvalue weighted by molar-refractivity contribution is 5.96. The van der Waals surface area contributed by atoms with E-state index >= 15 is 0 Å². The lowest BCUT2D eigenvalue weighted by Gasteiger charge is -2.36. The summed E-state index contributed by atoms with van der Waals surface area (Å²) in [6.45, 7) is 24.8. The van der Waals surface area contributed by atoms with E-state index in [2.05, 4.69) is 21.3 Å². The van der Waals surface area contributed by atoms with Gasteiger partial charge < -0.3 is 55.3 Å². The smallest absolute Gasteiger partial charge is 0.408 e. The maximum atomic E-state index is 15.0. The topological polar surface area (TPSA) is 259 Å². The van der Waals surface area contributed by atoms with E-state index in [1.807, 2.05) is 34.6 Å². The van der Waals surface area contributed by atoms with Gasteiger partial charge in [-0.05, 0) is 101 Å². The van der Waals surface area contributed by atoms with Crippen molar-refractivity contribution in [2.45, 2.75) is 208 Å². The molecule has 0 radical (unpaired) electrons. The van der Waals surface area contributed by atoms with Crippen molar-refractivity contribution in [3.05, 3.63) is 29.8 Å². The van der Waals surface area contributed by atoms with Gasteiger partial charge in [0.15, 0.2) is 0 Å². The molecule has 7 amide bonds. The van der Waals surface area contributed by atoms with E-state index in [1.54, 1.807) is 79.7 Å². The molecule has 1 unspecified atom stereocenters. The molecule has 1 aromatic carbocycles. The number of likely N-dealkylation sites (N-methyl/N-ethyl adjacent to an activating group) is 2. The molecule has 3 rings (SSSR count). The SMILES string of the molecule is CC[C@H](C)[C@H]1NC(=O)[C@@H](NC(=O)C(CC(C)C)N(C)C(=O)[C@@H](NC(=O)OC(C)(C)C)C(C)C)[C@@H](C)OC(=O)[C@H](Cc2ccc(OC)cc2)N(C)C(=O)[C@@H]2CCCN2C(=O)[C@H](CC(C)C)NC(=O)[C@H](C(C)C)CC(=O)C[C@@H]1O. The molecule has 2 aliphatic heterocycles. The minimum atomic E-state index is -1.70. The summed E-state index contributed by atoms with van der Waals surface area (Å²) in [7, 11) is 4.36. The van der Waals surface area contributed by atoms with Gasteiger partial charge in [-0.2, -0.15) is 0 Å². The second-order valence-corrected chi connectivity index (χ2v) is 23.8. The Balaban J connectivity index is 2.27. The van der Waals surface area contributed by atoms with Gasteiger partial charge in [0, 0.05) is 45.8 Å². The quantitative estimate of drug-likeness (QED) is 0.138. The molecule has 0 aromatic heterocycles. The molecule has 0 saturated carbocycles. The second kappa shape index (κ2) is 29.3. The number of aliphatic hydroxyl groups excluding tert-OH is 1. The number of Topliss-reactive ketones (excluding diaryl/α,β-unsaturated/α-hetero) is 1. The summed E-state index contributed by atoms with van der Waals surface area (Å²) in [5.74, 6) is -7.21. The zero-order valence-corrected chi connectivity index (χ0v) is 49.0. The number of nitrogens with zero attached hydrogens (tertiary/aromatic N) is 3. The highest BCUT2D eigenvalue weighted by atomic mass is 16.6. The first-order valence-electron chi connectivity index (χ1n) is 27.6. The molecule has 20 heteroatoms. The number of alkyl carbamates (subject to hydrolysis) is 1. The van der Waals surface area contributed by atoms with E-state index in [9.17, 15) is 48.3 Å². The molecule has 2 heterocycles. The molecule has 1 aromatic rings. The van der Waals surface area contributed by atoms with Crippen LogP contribution in [0.15, 0.2) is 24.3 Å². The first-order valence-corrected chi connectivity index (χ1v) is 27.6. The minimum Gasteiger partial charge on any atom is -0.497 e. The molecule has 5 N–H and O–H groups in total. The van der Waals surface area contributed by atoms with E-state index in [0.717, 1.165) is 0 Å². The van der Waals surface area contributed by atoms with Gasteiger partial charge in [-0.1, -0.05) is 87.8 Å². The molecule has 2 saturated heterocycles. The average molecular weight is 1080 g/mol. The van der Waals surface area contributed by atoms with E-state index in [4.69, 9.17) is 14.2 Å². The van der Waals surface area contributed by atoms with Crippen molar-refractivity contribution in [2.24, 2.45) is 35.5 Å². The predicted octanol–water partition coefficient (Wildman–Crippen LogP) is 4.95. The van der Waals surface area contributed by atoms with Crippen LogP contribution < -0.4 is 26.0 Å². The Morgan fingerprint density at radius 1 is 0.896 bits per heavy atom. The predicted molar refractivity (Wildman–Crippen MR) is 291 cm³/mol. The number of methoxy groups -OCH3 is 1. The number of fused-ring (bicyclic) bond motifs is 1. The largest absolute Gasteiger partial charge is 0.497 e.